The van der Waals surface area contributed by atoms with Crippen LogP contribution in [0.25, 0.3) is 6.08 Å². The summed E-state index contributed by atoms with van der Waals surface area (Å²) in [5, 5.41) is 2.95. The van der Waals surface area contributed by atoms with Gasteiger partial charge in [-0.1, -0.05) is 42.0 Å². The van der Waals surface area contributed by atoms with Crippen LogP contribution in [0.3, 0.4) is 0 Å². The average molecular weight is 295 g/mol. The molecule has 2 rings (SSSR count). The van der Waals surface area contributed by atoms with Crippen molar-refractivity contribution in [2.75, 3.05) is 7.11 Å². The predicted molar refractivity (Wildman–Crippen MR) is 89.8 cm³/mol. The first-order chi connectivity index (χ1) is 10.6. The van der Waals surface area contributed by atoms with Crippen molar-refractivity contribution < 1.29 is 9.53 Å². The van der Waals surface area contributed by atoms with E-state index in [-0.39, 0.29) is 11.9 Å². The van der Waals surface area contributed by atoms with E-state index < -0.39 is 0 Å². The van der Waals surface area contributed by atoms with Crippen LogP contribution in [-0.4, -0.2) is 13.0 Å². The Bertz CT molecular complexity index is 642. The van der Waals surface area contributed by atoms with Gasteiger partial charge in [-0.15, -0.1) is 0 Å². The van der Waals surface area contributed by atoms with E-state index in [0.717, 1.165) is 16.9 Å². The van der Waals surface area contributed by atoms with Gasteiger partial charge in [0.2, 0.25) is 5.91 Å². The summed E-state index contributed by atoms with van der Waals surface area (Å²) in [6.07, 6.45) is 3.38. The van der Waals surface area contributed by atoms with E-state index in [0.29, 0.717) is 0 Å². The normalized spacial score (nSPS) is 12.1. The fourth-order valence-corrected chi connectivity index (χ4v) is 2.09. The number of methoxy groups -OCH3 is 1. The number of nitrogens with one attached hydrogen (secondary N) is 1. The van der Waals surface area contributed by atoms with Crippen molar-refractivity contribution in [1.82, 2.24) is 5.32 Å². The zero-order valence-electron chi connectivity index (χ0n) is 13.2. The molecule has 0 radical (unpaired) electrons. The molecule has 0 aromatic heterocycles. The van der Waals surface area contributed by atoms with Crippen LogP contribution in [0.5, 0.6) is 5.75 Å². The van der Waals surface area contributed by atoms with Gasteiger partial charge in [0, 0.05) is 6.08 Å². The molecule has 0 aliphatic heterocycles. The molecule has 0 aliphatic rings. The van der Waals surface area contributed by atoms with Crippen molar-refractivity contribution in [2.24, 2.45) is 0 Å². The molecule has 3 nitrogen and oxygen atoms in total. The highest BCUT2D eigenvalue weighted by molar-refractivity contribution is 5.91. The van der Waals surface area contributed by atoms with Crippen molar-refractivity contribution in [3.63, 3.8) is 0 Å². The molecule has 0 bridgehead atoms. The minimum absolute atomic E-state index is 0.0546. The van der Waals surface area contributed by atoms with Crippen LogP contribution in [0.15, 0.2) is 54.6 Å². The van der Waals surface area contributed by atoms with E-state index in [1.807, 2.05) is 68.5 Å². The molecule has 0 fully saturated rings. The number of carbonyl (C=O) groups is 1. The Morgan fingerprint density at radius 1 is 1.09 bits per heavy atom. The van der Waals surface area contributed by atoms with Gasteiger partial charge in [-0.2, -0.15) is 0 Å². The van der Waals surface area contributed by atoms with Gasteiger partial charge in [-0.3, -0.25) is 4.79 Å². The molecule has 114 valence electrons. The van der Waals surface area contributed by atoms with Crippen LogP contribution >= 0.6 is 0 Å². The largest absolute Gasteiger partial charge is 0.497 e. The minimum Gasteiger partial charge on any atom is -0.497 e. The number of ether oxygens (including phenoxy) is 1. The van der Waals surface area contributed by atoms with Gasteiger partial charge in [0.05, 0.1) is 13.2 Å². The summed E-state index contributed by atoms with van der Waals surface area (Å²) in [6.45, 7) is 4.00. The Balaban J connectivity index is 1.94. The van der Waals surface area contributed by atoms with Gasteiger partial charge < -0.3 is 10.1 Å². The summed E-state index contributed by atoms with van der Waals surface area (Å²) >= 11 is 0. The maximum absolute atomic E-state index is 12.0. The number of amides is 1. The third kappa shape index (κ3) is 4.48. The van der Waals surface area contributed by atoms with Crippen molar-refractivity contribution in [3.05, 3.63) is 71.3 Å². The van der Waals surface area contributed by atoms with Gasteiger partial charge in [0.1, 0.15) is 5.75 Å². The molecule has 0 saturated heterocycles. The summed E-state index contributed by atoms with van der Waals surface area (Å²) in [4.78, 5) is 12.0. The van der Waals surface area contributed by atoms with Gasteiger partial charge in [0.25, 0.3) is 0 Å². The molecular weight excluding hydrogens is 274 g/mol. The van der Waals surface area contributed by atoms with E-state index in [2.05, 4.69) is 5.32 Å². The summed E-state index contributed by atoms with van der Waals surface area (Å²) in [7, 11) is 1.64. The predicted octanol–water partition coefficient (Wildman–Crippen LogP) is 3.89. The highest BCUT2D eigenvalue weighted by Gasteiger charge is 2.07. The van der Waals surface area contributed by atoms with Gasteiger partial charge >= 0.3 is 0 Å². The van der Waals surface area contributed by atoms with Crippen LogP contribution in [-0.2, 0) is 4.79 Å². The molecule has 3 heteroatoms. The minimum atomic E-state index is -0.108. The van der Waals surface area contributed by atoms with Crippen LogP contribution < -0.4 is 10.1 Å². The number of hydrogen-bond acceptors (Lipinski definition) is 2. The van der Waals surface area contributed by atoms with E-state index in [4.69, 9.17) is 4.74 Å². The quantitative estimate of drug-likeness (QED) is 0.850. The highest BCUT2D eigenvalue weighted by atomic mass is 16.5. The van der Waals surface area contributed by atoms with Crippen LogP contribution in [0.1, 0.15) is 29.7 Å². The van der Waals surface area contributed by atoms with E-state index in [1.165, 1.54) is 5.56 Å². The van der Waals surface area contributed by atoms with Gasteiger partial charge in [-0.25, -0.2) is 0 Å². The number of carbonyl (C=O) groups excluding carboxylic acids is 1. The van der Waals surface area contributed by atoms with E-state index >= 15 is 0 Å². The second-order valence-corrected chi connectivity index (χ2v) is 5.25. The molecule has 2 aromatic rings. The molecule has 0 heterocycles. The molecule has 22 heavy (non-hydrogen) atoms. The summed E-state index contributed by atoms with van der Waals surface area (Å²) in [5.41, 5.74) is 3.26. The first-order valence-corrected chi connectivity index (χ1v) is 7.27. The second kappa shape index (κ2) is 7.46. The molecular formula is C19H21NO2. The molecule has 1 atom stereocenters. The molecule has 0 spiro atoms. The van der Waals surface area contributed by atoms with Crippen molar-refractivity contribution in [3.8, 4) is 5.75 Å². The lowest BCUT2D eigenvalue weighted by Gasteiger charge is -2.13. The lowest BCUT2D eigenvalue weighted by molar-refractivity contribution is -0.117. The average Bonchev–Trinajstić information content (AvgIpc) is 2.54. The Morgan fingerprint density at radius 3 is 2.32 bits per heavy atom. The third-order valence-corrected chi connectivity index (χ3v) is 3.48. The Hall–Kier alpha value is -2.55. The van der Waals surface area contributed by atoms with E-state index in [1.54, 1.807) is 13.2 Å². The zero-order chi connectivity index (χ0) is 15.9. The molecule has 0 unspecified atom stereocenters. The summed E-state index contributed by atoms with van der Waals surface area (Å²) < 4.78 is 5.13. The Labute approximate surface area is 131 Å². The van der Waals surface area contributed by atoms with Crippen LogP contribution in [0.2, 0.25) is 0 Å². The lowest BCUT2D eigenvalue weighted by atomic mass is 10.1. The maximum atomic E-state index is 12.0. The van der Waals surface area contributed by atoms with Crippen LogP contribution in [0.4, 0.5) is 0 Å². The second-order valence-electron chi connectivity index (χ2n) is 5.25. The number of benzene rings is 2. The van der Waals surface area contributed by atoms with Crippen molar-refractivity contribution >= 4 is 12.0 Å². The zero-order valence-corrected chi connectivity index (χ0v) is 13.2. The number of hydrogen-bond donors (Lipinski definition) is 1. The molecule has 0 aliphatic carbocycles. The fraction of sp³-hybridized carbons (Fsp3) is 0.211. The van der Waals surface area contributed by atoms with Gasteiger partial charge in [0.15, 0.2) is 0 Å². The lowest BCUT2D eigenvalue weighted by Crippen LogP contribution is -2.24. The van der Waals surface area contributed by atoms with Gasteiger partial charge in [-0.05, 0) is 43.2 Å². The summed E-state index contributed by atoms with van der Waals surface area (Å²) in [6, 6.07) is 15.7. The smallest absolute Gasteiger partial charge is 0.244 e. The number of aryl methyl sites for hydroxylation is 1. The topological polar surface area (TPSA) is 38.3 Å². The SMILES string of the molecule is COc1ccc([C@H](C)NC(=O)/C=C/c2ccc(C)cc2)cc1. The molecule has 1 N–H and O–H groups in total. The third-order valence-electron chi connectivity index (χ3n) is 3.48. The standard InChI is InChI=1S/C19H21NO2/c1-14-4-6-16(7-5-14)8-13-19(21)20-15(2)17-9-11-18(22-3)12-10-17/h4-13,15H,1-3H3,(H,20,21)/b13-8+/t15-/m0/s1. The summed E-state index contributed by atoms with van der Waals surface area (Å²) in [5.74, 6) is 0.699. The first kappa shape index (κ1) is 15.8. The number of rotatable bonds is 5. The fourth-order valence-electron chi connectivity index (χ4n) is 2.09. The Kier molecular flexibility index (Phi) is 5.37. The van der Waals surface area contributed by atoms with Crippen LogP contribution in [0, 0.1) is 6.92 Å². The first-order valence-electron chi connectivity index (χ1n) is 7.27. The molecule has 2 aromatic carbocycles. The highest BCUT2D eigenvalue weighted by Crippen LogP contribution is 2.17. The monoisotopic (exact) mass is 295 g/mol. The molecule has 1 amide bonds. The van der Waals surface area contributed by atoms with Crippen molar-refractivity contribution in [1.29, 1.82) is 0 Å². The maximum Gasteiger partial charge on any atom is 0.244 e. The van der Waals surface area contributed by atoms with Crippen molar-refractivity contribution in [2.45, 2.75) is 19.9 Å². The Morgan fingerprint density at radius 2 is 1.73 bits per heavy atom. The molecule has 0 saturated carbocycles. The van der Waals surface area contributed by atoms with E-state index in [9.17, 15) is 4.79 Å².